The number of carbonyl (C=O) groups is 3. The number of morpholine rings is 1. The van der Waals surface area contributed by atoms with Crippen molar-refractivity contribution in [3.8, 4) is 0 Å². The van der Waals surface area contributed by atoms with Crippen LogP contribution in [0.15, 0.2) is 52.8 Å². The lowest BCUT2D eigenvalue weighted by Gasteiger charge is -2.31. The molecule has 6 rings (SSSR count). The van der Waals surface area contributed by atoms with E-state index in [9.17, 15) is 14.4 Å². The molecule has 1 aromatic carbocycles. The molecule has 0 spiro atoms. The van der Waals surface area contributed by atoms with Gasteiger partial charge in [-0.15, -0.1) is 0 Å². The Balaban J connectivity index is 1.23. The summed E-state index contributed by atoms with van der Waals surface area (Å²) in [7, 11) is 1.52. The van der Waals surface area contributed by atoms with Crippen LogP contribution in [-0.4, -0.2) is 80.9 Å². The van der Waals surface area contributed by atoms with Crippen LogP contribution in [0.4, 0.5) is 10.1 Å². The van der Waals surface area contributed by atoms with Gasteiger partial charge in [-0.25, -0.2) is 9.38 Å². The van der Waals surface area contributed by atoms with Gasteiger partial charge in [0.1, 0.15) is 11.6 Å². The summed E-state index contributed by atoms with van der Waals surface area (Å²) in [5, 5.41) is 3.07. The molecule has 204 valence electrons. The first kappa shape index (κ1) is 25.5. The number of nitrogens with one attached hydrogen (secondary N) is 1. The van der Waals surface area contributed by atoms with E-state index in [1.807, 2.05) is 4.90 Å². The number of methoxy groups -OCH3 is 1. The third kappa shape index (κ3) is 4.89. The number of halogens is 1. The van der Waals surface area contributed by atoms with Crippen LogP contribution >= 0.6 is 0 Å². The molecule has 1 N–H and O–H groups in total. The molecule has 9 nitrogen and oxygen atoms in total. The van der Waals surface area contributed by atoms with Crippen LogP contribution in [0.3, 0.4) is 0 Å². The summed E-state index contributed by atoms with van der Waals surface area (Å²) in [4.78, 5) is 47.0. The Hall–Kier alpha value is -3.79. The lowest BCUT2D eigenvalue weighted by molar-refractivity contribution is -0.119. The van der Waals surface area contributed by atoms with Crippen LogP contribution in [0.1, 0.15) is 41.1 Å². The highest BCUT2D eigenvalue weighted by molar-refractivity contribution is 6.18. The fourth-order valence-corrected chi connectivity index (χ4v) is 5.88. The number of benzene rings is 1. The van der Waals surface area contributed by atoms with Gasteiger partial charge in [0.2, 0.25) is 5.91 Å². The molecule has 3 heterocycles. The average Bonchev–Trinajstić information content (AvgIpc) is 3.70. The number of amides is 3. The van der Waals surface area contributed by atoms with Gasteiger partial charge >= 0.3 is 0 Å². The second-order valence-corrected chi connectivity index (χ2v) is 10.5. The molecule has 2 atom stereocenters. The molecule has 2 aliphatic carbocycles. The SMILES string of the molecule is COC1=CC=CC2=NC(=O)C=C(C(=O)N[C@@H]3CCN(c4c(C5CC5)ccc(F)c4C(=O)N4CCOCC4)C3)C12. The molecule has 1 unspecified atom stereocenters. The van der Waals surface area contributed by atoms with E-state index < -0.39 is 17.6 Å². The van der Waals surface area contributed by atoms with Crippen molar-refractivity contribution in [3.05, 3.63) is 64.7 Å². The molecule has 3 amide bonds. The minimum absolute atomic E-state index is 0.110. The van der Waals surface area contributed by atoms with Gasteiger partial charge < -0.3 is 24.6 Å². The molecule has 2 saturated heterocycles. The second-order valence-electron chi connectivity index (χ2n) is 10.5. The van der Waals surface area contributed by atoms with Crippen LogP contribution in [0.25, 0.3) is 0 Å². The molecule has 5 aliphatic rings. The maximum Gasteiger partial charge on any atom is 0.270 e. The van der Waals surface area contributed by atoms with Crippen molar-refractivity contribution in [1.82, 2.24) is 10.2 Å². The van der Waals surface area contributed by atoms with Gasteiger partial charge in [0.25, 0.3) is 11.8 Å². The first-order chi connectivity index (χ1) is 18.9. The summed E-state index contributed by atoms with van der Waals surface area (Å²) in [5.41, 5.74) is 2.51. The highest BCUT2D eigenvalue weighted by atomic mass is 19.1. The molecule has 0 aromatic heterocycles. The fraction of sp³-hybridized carbons (Fsp3) is 0.448. The van der Waals surface area contributed by atoms with E-state index in [0.29, 0.717) is 68.9 Å². The topological polar surface area (TPSA) is 101 Å². The Labute approximate surface area is 226 Å². The Bertz CT molecular complexity index is 1340. The van der Waals surface area contributed by atoms with E-state index in [2.05, 4.69) is 10.3 Å². The van der Waals surface area contributed by atoms with Crippen LogP contribution in [0, 0.1) is 11.7 Å². The molecule has 1 saturated carbocycles. The van der Waals surface area contributed by atoms with Crippen LogP contribution in [0.2, 0.25) is 0 Å². The number of dihydropyridines is 1. The van der Waals surface area contributed by atoms with Crippen LogP contribution in [-0.2, 0) is 19.1 Å². The van der Waals surface area contributed by atoms with E-state index in [1.165, 1.54) is 19.3 Å². The second kappa shape index (κ2) is 10.4. The highest BCUT2D eigenvalue weighted by Gasteiger charge is 2.39. The standard InChI is InChI=1S/C29H31FN4O5/c1-38-23-4-2-3-22-25(23)20(15-24(35)32-22)28(36)31-18-9-10-34(16-18)27-19(17-5-6-17)7-8-21(30)26(27)29(37)33-11-13-39-14-12-33/h2-4,7-8,15,17-18,25H,5-6,9-14,16H2,1H3,(H,31,36)/t18-,25?/m1/s1. The molecule has 0 bridgehead atoms. The van der Waals surface area contributed by atoms with Crippen molar-refractivity contribution in [3.63, 3.8) is 0 Å². The van der Waals surface area contributed by atoms with Crippen LogP contribution in [0.5, 0.6) is 0 Å². The third-order valence-corrected chi connectivity index (χ3v) is 7.96. The van der Waals surface area contributed by atoms with E-state index >= 15 is 4.39 Å². The van der Waals surface area contributed by atoms with E-state index in [-0.39, 0.29) is 29.0 Å². The number of allylic oxidation sites excluding steroid dienone is 4. The summed E-state index contributed by atoms with van der Waals surface area (Å²) >= 11 is 0. The lowest BCUT2D eigenvalue weighted by atomic mass is 9.85. The molecule has 3 fully saturated rings. The number of aliphatic imine (C=N–C) groups is 1. The molecular formula is C29H31FN4O5. The van der Waals surface area contributed by atoms with Crippen LogP contribution < -0.4 is 10.2 Å². The third-order valence-electron chi connectivity index (χ3n) is 7.96. The molecule has 3 aliphatic heterocycles. The Morgan fingerprint density at radius 1 is 1.15 bits per heavy atom. The zero-order chi connectivity index (χ0) is 27.1. The quantitative estimate of drug-likeness (QED) is 0.602. The summed E-state index contributed by atoms with van der Waals surface area (Å²) in [6, 6.07) is 2.97. The highest BCUT2D eigenvalue weighted by Crippen LogP contribution is 2.47. The molecule has 0 radical (unpaired) electrons. The molecule has 39 heavy (non-hydrogen) atoms. The van der Waals surface area contributed by atoms with Crippen molar-refractivity contribution in [2.24, 2.45) is 10.9 Å². The van der Waals surface area contributed by atoms with Gasteiger partial charge in [0.05, 0.1) is 43.2 Å². The monoisotopic (exact) mass is 534 g/mol. The zero-order valence-electron chi connectivity index (χ0n) is 21.8. The van der Waals surface area contributed by atoms with Gasteiger partial charge in [-0.1, -0.05) is 12.1 Å². The van der Waals surface area contributed by atoms with E-state index in [0.717, 1.165) is 18.4 Å². The minimum Gasteiger partial charge on any atom is -0.500 e. The predicted octanol–water partition coefficient (Wildman–Crippen LogP) is 2.49. The normalized spacial score (nSPS) is 24.6. The number of nitrogens with zero attached hydrogens (tertiary/aromatic N) is 3. The first-order valence-electron chi connectivity index (χ1n) is 13.5. The van der Waals surface area contributed by atoms with Crippen molar-refractivity contribution >= 4 is 29.1 Å². The Kier molecular flexibility index (Phi) is 6.80. The number of fused-ring (bicyclic) bond motifs is 1. The van der Waals surface area contributed by atoms with Gasteiger partial charge in [-0.3, -0.25) is 14.4 Å². The first-order valence-corrected chi connectivity index (χ1v) is 13.5. The summed E-state index contributed by atoms with van der Waals surface area (Å²) in [5.74, 6) is -1.39. The number of hydrogen-bond donors (Lipinski definition) is 1. The summed E-state index contributed by atoms with van der Waals surface area (Å²) in [6.07, 6.45) is 9.11. The number of carbonyl (C=O) groups excluding carboxylic acids is 3. The molecule has 1 aromatic rings. The zero-order valence-corrected chi connectivity index (χ0v) is 21.8. The van der Waals surface area contributed by atoms with Gasteiger partial charge in [0, 0.05) is 43.9 Å². The van der Waals surface area contributed by atoms with Crippen molar-refractivity contribution < 1.29 is 28.2 Å². The number of hydrogen-bond acceptors (Lipinski definition) is 6. The maximum atomic E-state index is 15.3. The number of rotatable bonds is 6. The maximum absolute atomic E-state index is 15.3. The van der Waals surface area contributed by atoms with Crippen molar-refractivity contribution in [2.45, 2.75) is 31.2 Å². The minimum atomic E-state index is -0.544. The lowest BCUT2D eigenvalue weighted by Crippen LogP contribution is -2.43. The Morgan fingerprint density at radius 3 is 2.69 bits per heavy atom. The smallest absolute Gasteiger partial charge is 0.270 e. The number of ether oxygens (including phenoxy) is 2. The summed E-state index contributed by atoms with van der Waals surface area (Å²) in [6.45, 7) is 2.72. The largest absolute Gasteiger partial charge is 0.500 e. The van der Waals surface area contributed by atoms with Crippen molar-refractivity contribution in [2.75, 3.05) is 51.4 Å². The fourth-order valence-electron chi connectivity index (χ4n) is 5.88. The van der Waals surface area contributed by atoms with Crippen molar-refractivity contribution in [1.29, 1.82) is 0 Å². The van der Waals surface area contributed by atoms with Gasteiger partial charge in [0.15, 0.2) is 0 Å². The predicted molar refractivity (Wildman–Crippen MR) is 142 cm³/mol. The summed E-state index contributed by atoms with van der Waals surface area (Å²) < 4.78 is 26.2. The van der Waals surface area contributed by atoms with E-state index in [4.69, 9.17) is 9.47 Å². The molecule has 10 heteroatoms. The Morgan fingerprint density at radius 2 is 1.95 bits per heavy atom. The molecular weight excluding hydrogens is 503 g/mol. The average molecular weight is 535 g/mol. The van der Waals surface area contributed by atoms with Gasteiger partial charge in [-0.05, 0) is 49.0 Å². The van der Waals surface area contributed by atoms with E-state index in [1.54, 1.807) is 29.2 Å². The number of anilines is 1. The van der Waals surface area contributed by atoms with Gasteiger partial charge in [-0.2, -0.15) is 0 Å².